The zero-order valence-corrected chi connectivity index (χ0v) is 8.63. The molecule has 0 unspecified atom stereocenters. The van der Waals surface area contributed by atoms with Crippen molar-refractivity contribution in [3.8, 4) is 0 Å². The molecule has 2 rings (SSSR count). The van der Waals surface area contributed by atoms with Crippen molar-refractivity contribution in [2.45, 2.75) is 33.2 Å². The molecule has 15 heavy (non-hydrogen) atoms. The van der Waals surface area contributed by atoms with Gasteiger partial charge in [-0.1, -0.05) is 13.8 Å². The second kappa shape index (κ2) is 3.12. The summed E-state index contributed by atoms with van der Waals surface area (Å²) < 4.78 is 25.8. The van der Waals surface area contributed by atoms with Crippen molar-refractivity contribution < 1.29 is 13.6 Å². The second-order valence-electron chi connectivity index (χ2n) is 4.67. The third kappa shape index (κ3) is 1.66. The van der Waals surface area contributed by atoms with Crippen LogP contribution in [0.5, 0.6) is 0 Å². The van der Waals surface area contributed by atoms with Gasteiger partial charge in [-0.05, 0) is 11.8 Å². The standard InChI is InChI=1S/C10H12F2N2O/c1-10(2)3-7-6(8(15)4-10)5-13-14(7)9(11)12/h5,9H,3-4H2,1-2H3. The quantitative estimate of drug-likeness (QED) is 0.719. The zero-order chi connectivity index (χ0) is 11.2. The minimum Gasteiger partial charge on any atom is -0.294 e. The van der Waals surface area contributed by atoms with Crippen LogP contribution >= 0.6 is 0 Å². The van der Waals surface area contributed by atoms with E-state index in [0.29, 0.717) is 28.8 Å². The number of alkyl halides is 2. The molecule has 0 amide bonds. The summed E-state index contributed by atoms with van der Waals surface area (Å²) in [6, 6.07) is 0. The van der Waals surface area contributed by atoms with Crippen LogP contribution in [0.1, 0.15) is 42.9 Å². The fraction of sp³-hybridized carbons (Fsp3) is 0.600. The molecule has 0 bridgehead atoms. The molecule has 1 aromatic rings. The van der Waals surface area contributed by atoms with E-state index >= 15 is 0 Å². The van der Waals surface area contributed by atoms with Gasteiger partial charge in [0.2, 0.25) is 0 Å². The molecule has 1 aromatic heterocycles. The Hall–Kier alpha value is -1.26. The Morgan fingerprint density at radius 3 is 2.73 bits per heavy atom. The predicted molar refractivity (Wildman–Crippen MR) is 49.9 cm³/mol. The summed E-state index contributed by atoms with van der Waals surface area (Å²) in [7, 11) is 0. The SMILES string of the molecule is CC1(C)CC(=O)c2cnn(C(F)F)c2C1. The van der Waals surface area contributed by atoms with Gasteiger partial charge >= 0.3 is 6.55 Å². The van der Waals surface area contributed by atoms with E-state index in [0.717, 1.165) is 0 Å². The number of aromatic nitrogens is 2. The maximum absolute atomic E-state index is 12.6. The Morgan fingerprint density at radius 1 is 1.47 bits per heavy atom. The lowest BCUT2D eigenvalue weighted by atomic mass is 9.76. The number of fused-ring (bicyclic) bond motifs is 1. The van der Waals surface area contributed by atoms with E-state index in [2.05, 4.69) is 5.10 Å². The maximum Gasteiger partial charge on any atom is 0.333 e. The Kier molecular flexibility index (Phi) is 2.13. The smallest absolute Gasteiger partial charge is 0.294 e. The van der Waals surface area contributed by atoms with E-state index in [9.17, 15) is 13.6 Å². The normalized spacial score (nSPS) is 19.4. The van der Waals surface area contributed by atoms with Crippen molar-refractivity contribution in [1.82, 2.24) is 9.78 Å². The zero-order valence-electron chi connectivity index (χ0n) is 8.63. The van der Waals surface area contributed by atoms with Crippen LogP contribution in [0.4, 0.5) is 8.78 Å². The highest BCUT2D eigenvalue weighted by Gasteiger charge is 2.34. The van der Waals surface area contributed by atoms with Gasteiger partial charge in [0.25, 0.3) is 0 Å². The van der Waals surface area contributed by atoms with E-state index in [4.69, 9.17) is 0 Å². The van der Waals surface area contributed by atoms with Gasteiger partial charge in [-0.15, -0.1) is 0 Å². The summed E-state index contributed by atoms with van der Waals surface area (Å²) in [6.07, 6.45) is 2.12. The first-order valence-corrected chi connectivity index (χ1v) is 4.78. The molecule has 0 aliphatic heterocycles. The van der Waals surface area contributed by atoms with E-state index in [1.807, 2.05) is 13.8 Å². The fourth-order valence-electron chi connectivity index (χ4n) is 2.01. The van der Waals surface area contributed by atoms with E-state index < -0.39 is 6.55 Å². The summed E-state index contributed by atoms with van der Waals surface area (Å²) in [5.41, 5.74) is 0.470. The van der Waals surface area contributed by atoms with Crippen LogP contribution in [0.3, 0.4) is 0 Å². The number of carbonyl (C=O) groups excluding carboxylic acids is 1. The Labute approximate surface area is 86.1 Å². The topological polar surface area (TPSA) is 34.9 Å². The first-order chi connectivity index (χ1) is 6.91. The summed E-state index contributed by atoms with van der Waals surface area (Å²) in [5, 5.41) is 3.56. The van der Waals surface area contributed by atoms with E-state index in [1.54, 1.807) is 0 Å². The Bertz CT molecular complexity index is 410. The van der Waals surface area contributed by atoms with Crippen molar-refractivity contribution in [2.75, 3.05) is 0 Å². The highest BCUT2D eigenvalue weighted by molar-refractivity contribution is 5.98. The lowest BCUT2D eigenvalue weighted by Gasteiger charge is -2.28. The van der Waals surface area contributed by atoms with Crippen LogP contribution < -0.4 is 0 Å². The summed E-state index contributed by atoms with van der Waals surface area (Å²) in [5.74, 6) is -0.0897. The first kappa shape index (κ1) is 10.3. The van der Waals surface area contributed by atoms with Gasteiger partial charge in [-0.2, -0.15) is 13.9 Å². The summed E-state index contributed by atoms with van der Waals surface area (Å²) in [4.78, 5) is 11.6. The second-order valence-corrected chi connectivity index (χ2v) is 4.67. The number of ketones is 1. The summed E-state index contributed by atoms with van der Waals surface area (Å²) >= 11 is 0. The van der Waals surface area contributed by atoms with Crippen LogP contribution in [-0.2, 0) is 6.42 Å². The molecule has 0 saturated heterocycles. The minimum atomic E-state index is -2.67. The highest BCUT2D eigenvalue weighted by atomic mass is 19.3. The summed E-state index contributed by atoms with van der Waals surface area (Å²) in [6.45, 7) is 1.13. The van der Waals surface area contributed by atoms with Gasteiger partial charge < -0.3 is 0 Å². The van der Waals surface area contributed by atoms with Crippen LogP contribution in [0, 0.1) is 5.41 Å². The molecule has 0 radical (unpaired) electrons. The van der Waals surface area contributed by atoms with Gasteiger partial charge in [0.1, 0.15) is 0 Å². The van der Waals surface area contributed by atoms with Crippen LogP contribution in [0.2, 0.25) is 0 Å². The number of nitrogens with zero attached hydrogens (tertiary/aromatic N) is 2. The molecule has 5 heteroatoms. The lowest BCUT2D eigenvalue weighted by molar-refractivity contribution is 0.0508. The molecular formula is C10H12F2N2O. The molecule has 0 spiro atoms. The van der Waals surface area contributed by atoms with E-state index in [-0.39, 0.29) is 11.2 Å². The average molecular weight is 214 g/mol. The highest BCUT2D eigenvalue weighted by Crippen LogP contribution is 2.35. The number of hydrogen-bond acceptors (Lipinski definition) is 2. The molecule has 0 fully saturated rings. The molecule has 3 nitrogen and oxygen atoms in total. The molecule has 82 valence electrons. The number of carbonyl (C=O) groups is 1. The minimum absolute atomic E-state index is 0.0897. The van der Waals surface area contributed by atoms with E-state index in [1.165, 1.54) is 6.20 Å². The maximum atomic E-state index is 12.6. The molecule has 1 heterocycles. The first-order valence-electron chi connectivity index (χ1n) is 4.78. The average Bonchev–Trinajstić information content (AvgIpc) is 2.45. The van der Waals surface area contributed by atoms with Crippen LogP contribution in [-0.4, -0.2) is 15.6 Å². The molecule has 0 saturated carbocycles. The lowest BCUT2D eigenvalue weighted by Crippen LogP contribution is -2.28. The van der Waals surface area contributed by atoms with Crippen molar-refractivity contribution in [3.05, 3.63) is 17.5 Å². The van der Waals surface area contributed by atoms with Gasteiger partial charge in [-0.25, -0.2) is 4.68 Å². The number of Topliss-reactive ketones (excluding diaryl/α,β-unsaturated/α-hetero) is 1. The molecule has 0 N–H and O–H groups in total. The Morgan fingerprint density at radius 2 is 2.13 bits per heavy atom. The number of halogens is 2. The van der Waals surface area contributed by atoms with Crippen molar-refractivity contribution in [2.24, 2.45) is 5.41 Å². The van der Waals surface area contributed by atoms with Gasteiger partial charge in [-0.3, -0.25) is 4.79 Å². The third-order valence-corrected chi connectivity index (χ3v) is 2.67. The third-order valence-electron chi connectivity index (χ3n) is 2.67. The van der Waals surface area contributed by atoms with Gasteiger partial charge in [0, 0.05) is 6.42 Å². The van der Waals surface area contributed by atoms with Crippen molar-refractivity contribution in [3.63, 3.8) is 0 Å². The van der Waals surface area contributed by atoms with Crippen LogP contribution in [0.25, 0.3) is 0 Å². The largest absolute Gasteiger partial charge is 0.333 e. The number of hydrogen-bond donors (Lipinski definition) is 0. The predicted octanol–water partition coefficient (Wildman–Crippen LogP) is 2.43. The number of rotatable bonds is 1. The fourth-order valence-corrected chi connectivity index (χ4v) is 2.01. The molecule has 0 atom stereocenters. The van der Waals surface area contributed by atoms with Crippen molar-refractivity contribution in [1.29, 1.82) is 0 Å². The van der Waals surface area contributed by atoms with Gasteiger partial charge in [0.05, 0.1) is 17.5 Å². The Balaban J connectivity index is 2.49. The molecule has 1 aliphatic carbocycles. The van der Waals surface area contributed by atoms with Crippen LogP contribution in [0.15, 0.2) is 6.20 Å². The van der Waals surface area contributed by atoms with Crippen molar-refractivity contribution >= 4 is 5.78 Å². The molecule has 0 aromatic carbocycles. The monoisotopic (exact) mass is 214 g/mol. The molecular weight excluding hydrogens is 202 g/mol. The molecule has 1 aliphatic rings. The van der Waals surface area contributed by atoms with Gasteiger partial charge in [0.15, 0.2) is 5.78 Å².